The molecule has 19 heavy (non-hydrogen) atoms. The first kappa shape index (κ1) is 15.6. The van der Waals surface area contributed by atoms with Crippen LogP contribution < -0.4 is 0 Å². The molecule has 0 aliphatic heterocycles. The molecule has 0 spiro atoms. The Balaban J connectivity index is 2.78. The summed E-state index contributed by atoms with van der Waals surface area (Å²) in [4.78, 5) is 10.4. The summed E-state index contributed by atoms with van der Waals surface area (Å²) in [5.74, 6) is -1.63. The van der Waals surface area contributed by atoms with E-state index in [1.807, 2.05) is 0 Å². The van der Waals surface area contributed by atoms with Gasteiger partial charge >= 0.3 is 5.97 Å². The fourth-order valence-electron chi connectivity index (χ4n) is 1.70. The zero-order valence-corrected chi connectivity index (χ0v) is 10.3. The minimum Gasteiger partial charge on any atom is -0.481 e. The topological polar surface area (TPSA) is 98.0 Å². The summed E-state index contributed by atoms with van der Waals surface area (Å²) in [5, 5.41) is 36.4. The van der Waals surface area contributed by atoms with Crippen molar-refractivity contribution < 1.29 is 29.6 Å². The van der Waals surface area contributed by atoms with Crippen molar-refractivity contribution in [3.05, 3.63) is 35.1 Å². The fraction of sp³-hybridized carbons (Fsp3) is 0.462. The second kappa shape index (κ2) is 7.18. The number of hydrogen-bond acceptors (Lipinski definition) is 4. The molecule has 0 amide bonds. The van der Waals surface area contributed by atoms with E-state index >= 15 is 0 Å². The van der Waals surface area contributed by atoms with Crippen molar-refractivity contribution in [3.8, 4) is 0 Å². The van der Waals surface area contributed by atoms with Crippen molar-refractivity contribution in [2.24, 2.45) is 0 Å². The van der Waals surface area contributed by atoms with E-state index in [1.54, 1.807) is 0 Å². The van der Waals surface area contributed by atoms with Crippen LogP contribution in [0.4, 0.5) is 4.39 Å². The quantitative estimate of drug-likeness (QED) is 0.583. The molecule has 0 aliphatic carbocycles. The third kappa shape index (κ3) is 4.59. The summed E-state index contributed by atoms with van der Waals surface area (Å²) >= 11 is 0. The Morgan fingerprint density at radius 2 is 2.00 bits per heavy atom. The predicted molar refractivity (Wildman–Crippen MR) is 65.0 cm³/mol. The van der Waals surface area contributed by atoms with E-state index in [9.17, 15) is 19.4 Å². The van der Waals surface area contributed by atoms with Gasteiger partial charge in [-0.25, -0.2) is 4.39 Å². The Kier molecular flexibility index (Phi) is 5.88. The molecular weight excluding hydrogens is 255 g/mol. The summed E-state index contributed by atoms with van der Waals surface area (Å²) in [7, 11) is 0. The van der Waals surface area contributed by atoms with E-state index in [0.717, 1.165) is 6.07 Å². The maximum atomic E-state index is 13.7. The number of rotatable bonds is 7. The van der Waals surface area contributed by atoms with Gasteiger partial charge in [0.25, 0.3) is 0 Å². The lowest BCUT2D eigenvalue weighted by atomic mass is 9.99. The van der Waals surface area contributed by atoms with Crippen molar-refractivity contribution in [2.45, 2.75) is 31.5 Å². The summed E-state index contributed by atoms with van der Waals surface area (Å²) < 4.78 is 13.7. The van der Waals surface area contributed by atoms with Gasteiger partial charge in [-0.3, -0.25) is 4.79 Å². The molecule has 0 bridgehead atoms. The fourth-order valence-corrected chi connectivity index (χ4v) is 1.70. The number of halogens is 1. The number of aliphatic carboxylic acids is 1. The first-order valence-corrected chi connectivity index (χ1v) is 5.92. The normalized spacial score (nSPS) is 14.1. The number of aliphatic hydroxyl groups is 3. The second-order valence-electron chi connectivity index (χ2n) is 4.27. The van der Waals surface area contributed by atoms with Crippen LogP contribution in [-0.2, 0) is 11.2 Å². The summed E-state index contributed by atoms with van der Waals surface area (Å²) in [6, 6.07) is 3.90. The predicted octanol–water partition coefficient (Wildman–Crippen LogP) is 0.620. The molecule has 1 rings (SSSR count). The maximum Gasteiger partial charge on any atom is 0.303 e. The van der Waals surface area contributed by atoms with Gasteiger partial charge in [0.15, 0.2) is 0 Å². The molecule has 5 nitrogen and oxygen atoms in total. The number of aryl methyl sites for hydroxylation is 1. The molecule has 4 N–H and O–H groups in total. The lowest BCUT2D eigenvalue weighted by Crippen LogP contribution is -2.19. The van der Waals surface area contributed by atoms with Crippen LogP contribution >= 0.6 is 0 Å². The molecule has 0 saturated heterocycles. The van der Waals surface area contributed by atoms with Crippen molar-refractivity contribution in [3.63, 3.8) is 0 Å². The van der Waals surface area contributed by atoms with E-state index in [1.165, 1.54) is 12.1 Å². The largest absolute Gasteiger partial charge is 0.481 e. The van der Waals surface area contributed by atoms with Crippen LogP contribution in [0.3, 0.4) is 0 Å². The first-order valence-electron chi connectivity index (χ1n) is 5.92. The summed E-state index contributed by atoms with van der Waals surface area (Å²) in [5.41, 5.74) is 0.438. The highest BCUT2D eigenvalue weighted by atomic mass is 19.1. The minimum atomic E-state index is -1.28. The molecule has 0 heterocycles. The van der Waals surface area contributed by atoms with Crippen molar-refractivity contribution >= 4 is 5.97 Å². The molecule has 106 valence electrons. The molecule has 0 radical (unpaired) electrons. The van der Waals surface area contributed by atoms with Crippen LogP contribution in [0.25, 0.3) is 0 Å². The van der Waals surface area contributed by atoms with E-state index in [-0.39, 0.29) is 37.0 Å². The molecular formula is C13H17FO5. The number of benzene rings is 1. The van der Waals surface area contributed by atoms with Gasteiger partial charge in [-0.1, -0.05) is 12.1 Å². The number of carbonyl (C=O) groups is 1. The monoisotopic (exact) mass is 272 g/mol. The van der Waals surface area contributed by atoms with Crippen molar-refractivity contribution in [1.29, 1.82) is 0 Å². The Bertz CT molecular complexity index is 435. The number of carboxylic acid groups (broad SMARTS) is 1. The molecule has 1 aromatic rings. The number of aliphatic hydroxyl groups excluding tert-OH is 3. The summed E-state index contributed by atoms with van der Waals surface area (Å²) in [6.07, 6.45) is -2.57. The van der Waals surface area contributed by atoms with Gasteiger partial charge in [-0.05, 0) is 30.0 Å². The number of carboxylic acids is 1. The molecule has 0 aromatic heterocycles. The van der Waals surface area contributed by atoms with Gasteiger partial charge < -0.3 is 20.4 Å². The molecule has 0 aliphatic rings. The third-order valence-electron chi connectivity index (χ3n) is 2.82. The van der Waals surface area contributed by atoms with E-state index in [2.05, 4.69) is 0 Å². The summed E-state index contributed by atoms with van der Waals surface area (Å²) in [6.45, 7) is -0.280. The van der Waals surface area contributed by atoms with Gasteiger partial charge in [0.05, 0.1) is 6.10 Å². The van der Waals surface area contributed by atoms with E-state index in [0.29, 0.717) is 0 Å². The molecule has 1 aromatic carbocycles. The van der Waals surface area contributed by atoms with Gasteiger partial charge in [0, 0.05) is 13.0 Å². The Morgan fingerprint density at radius 1 is 1.32 bits per heavy atom. The number of hydrogen-bond donors (Lipinski definition) is 4. The second-order valence-corrected chi connectivity index (χ2v) is 4.27. The van der Waals surface area contributed by atoms with Crippen LogP contribution in [0, 0.1) is 5.82 Å². The highest BCUT2D eigenvalue weighted by Crippen LogP contribution is 2.22. The van der Waals surface area contributed by atoms with Crippen molar-refractivity contribution in [2.75, 3.05) is 6.61 Å². The van der Waals surface area contributed by atoms with Crippen LogP contribution in [-0.4, -0.2) is 39.1 Å². The van der Waals surface area contributed by atoms with Gasteiger partial charge in [0.2, 0.25) is 0 Å². The molecule has 2 unspecified atom stereocenters. The van der Waals surface area contributed by atoms with E-state index < -0.39 is 24.0 Å². The maximum absolute atomic E-state index is 13.7. The average molecular weight is 272 g/mol. The van der Waals surface area contributed by atoms with E-state index in [4.69, 9.17) is 10.2 Å². The van der Waals surface area contributed by atoms with Gasteiger partial charge in [-0.15, -0.1) is 0 Å². The smallest absolute Gasteiger partial charge is 0.303 e. The Morgan fingerprint density at radius 3 is 2.53 bits per heavy atom. The molecule has 6 heteroatoms. The zero-order valence-electron chi connectivity index (χ0n) is 10.3. The average Bonchev–Trinajstić information content (AvgIpc) is 2.36. The Labute approximate surface area is 109 Å². The van der Waals surface area contributed by atoms with Crippen LogP contribution in [0.1, 0.15) is 30.1 Å². The molecule has 0 saturated carbocycles. The first-order chi connectivity index (χ1) is 8.95. The Hall–Kier alpha value is -1.50. The molecule has 0 fully saturated rings. The van der Waals surface area contributed by atoms with Gasteiger partial charge in [-0.2, -0.15) is 0 Å². The SMILES string of the molecule is O=C(O)CCc1ccc(C(O)C(O)CCO)cc1F. The van der Waals surface area contributed by atoms with Crippen LogP contribution in [0.2, 0.25) is 0 Å². The van der Waals surface area contributed by atoms with Crippen molar-refractivity contribution in [1.82, 2.24) is 0 Å². The standard InChI is InChI=1S/C13H17FO5/c14-10-7-9(13(19)11(16)5-6-15)2-1-8(10)3-4-12(17)18/h1-2,7,11,13,15-16,19H,3-6H2,(H,17,18). The highest BCUT2D eigenvalue weighted by molar-refractivity contribution is 5.67. The molecule has 2 atom stereocenters. The van der Waals surface area contributed by atoms with Gasteiger partial charge in [0.1, 0.15) is 11.9 Å². The minimum absolute atomic E-state index is 0.0104. The third-order valence-corrected chi connectivity index (χ3v) is 2.82. The zero-order chi connectivity index (χ0) is 14.4. The lowest BCUT2D eigenvalue weighted by molar-refractivity contribution is -0.136. The van der Waals surface area contributed by atoms with Crippen LogP contribution in [0.15, 0.2) is 18.2 Å². The lowest BCUT2D eigenvalue weighted by Gasteiger charge is -2.17. The highest BCUT2D eigenvalue weighted by Gasteiger charge is 2.19. The van der Waals surface area contributed by atoms with Crippen LogP contribution in [0.5, 0.6) is 0 Å².